The van der Waals surface area contributed by atoms with Crippen molar-refractivity contribution < 1.29 is 9.32 Å². The summed E-state index contributed by atoms with van der Waals surface area (Å²) in [5, 5.41) is 3.65. The van der Waals surface area contributed by atoms with Crippen LogP contribution in [0, 0.1) is 0 Å². The molecular weight excluding hydrogens is 301 g/mol. The van der Waals surface area contributed by atoms with Crippen LogP contribution in [0.3, 0.4) is 0 Å². The molecule has 0 bridgehead atoms. The zero-order valence-electron chi connectivity index (χ0n) is 10.5. The number of halogens is 2. The van der Waals surface area contributed by atoms with Crippen LogP contribution in [-0.2, 0) is 4.79 Å². The lowest BCUT2D eigenvalue weighted by Gasteiger charge is -2.23. The first kappa shape index (κ1) is 14.8. The number of carbonyl (C=O) groups is 1. The summed E-state index contributed by atoms with van der Waals surface area (Å²) >= 11 is 11.3. The Labute approximate surface area is 126 Å². The van der Waals surface area contributed by atoms with E-state index in [1.165, 1.54) is 4.90 Å². The summed E-state index contributed by atoms with van der Waals surface area (Å²) in [7, 11) is 0. The number of amides is 1. The summed E-state index contributed by atoms with van der Waals surface area (Å²) in [6, 6.07) is 8.98. The number of carbonyl (C=O) groups excluding carboxylic acids is 1. The van der Waals surface area contributed by atoms with E-state index in [2.05, 4.69) is 5.16 Å². The number of nitrogens with zero attached hydrogens (tertiary/aromatic N) is 2. The quantitative estimate of drug-likeness (QED) is 0.860. The molecule has 0 radical (unpaired) electrons. The Bertz CT molecular complexity index is 573. The molecule has 1 amide bonds. The van der Waals surface area contributed by atoms with E-state index in [0.29, 0.717) is 24.5 Å². The number of nitrogens with two attached hydrogens (primary N) is 1. The van der Waals surface area contributed by atoms with Crippen molar-refractivity contribution in [3.8, 4) is 11.3 Å². The van der Waals surface area contributed by atoms with Crippen molar-refractivity contribution in [3.05, 3.63) is 36.5 Å². The highest BCUT2D eigenvalue weighted by molar-refractivity contribution is 6.54. The molecule has 2 N–H and O–H groups in total. The predicted octanol–water partition coefficient (Wildman–Crippen LogP) is 2.44. The van der Waals surface area contributed by atoms with E-state index in [-0.39, 0.29) is 0 Å². The van der Waals surface area contributed by atoms with Crippen molar-refractivity contribution in [1.29, 1.82) is 0 Å². The van der Waals surface area contributed by atoms with E-state index in [1.54, 1.807) is 30.5 Å². The van der Waals surface area contributed by atoms with E-state index in [1.807, 2.05) is 6.07 Å². The van der Waals surface area contributed by atoms with Crippen LogP contribution in [0.15, 0.2) is 41.1 Å². The molecule has 1 heterocycles. The number of hydrogen-bond acceptors (Lipinski definition) is 4. The van der Waals surface area contributed by atoms with Gasteiger partial charge in [0.25, 0.3) is 5.91 Å². The molecule has 0 aliphatic rings. The number of benzene rings is 1. The van der Waals surface area contributed by atoms with Gasteiger partial charge in [0.15, 0.2) is 10.6 Å². The highest BCUT2D eigenvalue weighted by atomic mass is 35.5. The molecule has 1 aromatic carbocycles. The van der Waals surface area contributed by atoms with Crippen molar-refractivity contribution >= 4 is 34.8 Å². The minimum Gasteiger partial charge on any atom is -0.356 e. The first-order valence-electron chi connectivity index (χ1n) is 5.94. The van der Waals surface area contributed by atoms with Gasteiger partial charge in [0, 0.05) is 30.4 Å². The Morgan fingerprint density at radius 1 is 1.40 bits per heavy atom. The molecule has 0 aliphatic carbocycles. The van der Waals surface area contributed by atoms with Crippen molar-refractivity contribution in [1.82, 2.24) is 5.16 Å². The average molecular weight is 314 g/mol. The minimum atomic E-state index is -1.13. The fourth-order valence-corrected chi connectivity index (χ4v) is 2.04. The number of aromatic nitrogens is 1. The fourth-order valence-electron chi connectivity index (χ4n) is 1.81. The lowest BCUT2D eigenvalue weighted by Crippen LogP contribution is -2.38. The normalized spacial score (nSPS) is 10.8. The third kappa shape index (κ3) is 3.30. The van der Waals surface area contributed by atoms with Gasteiger partial charge in [-0.1, -0.05) is 40.5 Å². The lowest BCUT2D eigenvalue weighted by molar-refractivity contribution is -0.117. The van der Waals surface area contributed by atoms with Gasteiger partial charge in [-0.15, -0.1) is 0 Å². The van der Waals surface area contributed by atoms with Crippen molar-refractivity contribution in [2.75, 3.05) is 18.0 Å². The highest BCUT2D eigenvalue weighted by Gasteiger charge is 2.21. The van der Waals surface area contributed by atoms with E-state index < -0.39 is 10.7 Å². The largest absolute Gasteiger partial charge is 0.356 e. The smallest absolute Gasteiger partial charge is 0.260 e. The third-order valence-electron chi connectivity index (χ3n) is 2.69. The van der Waals surface area contributed by atoms with Crippen LogP contribution < -0.4 is 10.6 Å². The second kappa shape index (κ2) is 6.74. The standard InChI is InChI=1S/C13H13Cl2N3O2/c14-12(15)13(19)18(7-5-16)10-3-1-2-9(8-10)11-4-6-17-20-11/h1-4,6,8,12H,5,7,16H2. The summed E-state index contributed by atoms with van der Waals surface area (Å²) in [6.07, 6.45) is 1.55. The monoisotopic (exact) mass is 313 g/mol. The molecule has 7 heteroatoms. The van der Waals surface area contributed by atoms with Crippen LogP contribution in [0.5, 0.6) is 0 Å². The molecule has 2 aromatic rings. The Morgan fingerprint density at radius 2 is 2.20 bits per heavy atom. The molecule has 1 aromatic heterocycles. The molecular formula is C13H13Cl2N3O2. The molecule has 0 saturated carbocycles. The zero-order chi connectivity index (χ0) is 14.5. The summed E-state index contributed by atoms with van der Waals surface area (Å²) in [6.45, 7) is 0.632. The second-order valence-corrected chi connectivity index (χ2v) is 5.10. The van der Waals surface area contributed by atoms with Gasteiger partial charge in [0.2, 0.25) is 0 Å². The highest BCUT2D eigenvalue weighted by Crippen LogP contribution is 2.25. The van der Waals surface area contributed by atoms with Crippen molar-refractivity contribution in [2.45, 2.75) is 4.84 Å². The minimum absolute atomic E-state index is 0.304. The molecule has 20 heavy (non-hydrogen) atoms. The molecule has 5 nitrogen and oxygen atoms in total. The maximum atomic E-state index is 12.0. The molecule has 0 spiro atoms. The van der Waals surface area contributed by atoms with Crippen LogP contribution >= 0.6 is 23.2 Å². The Balaban J connectivity index is 2.34. The summed E-state index contributed by atoms with van der Waals surface area (Å²) in [4.78, 5) is 12.3. The number of anilines is 1. The number of alkyl halides is 2. The average Bonchev–Trinajstić information content (AvgIpc) is 2.98. The molecule has 106 valence electrons. The van der Waals surface area contributed by atoms with Gasteiger partial charge < -0.3 is 15.2 Å². The van der Waals surface area contributed by atoms with E-state index >= 15 is 0 Å². The summed E-state index contributed by atoms with van der Waals surface area (Å²) in [5.41, 5.74) is 6.98. The van der Waals surface area contributed by atoms with Gasteiger partial charge in [0.1, 0.15) is 0 Å². The summed E-state index contributed by atoms with van der Waals surface area (Å²) in [5.74, 6) is 0.203. The first-order chi connectivity index (χ1) is 9.63. The topological polar surface area (TPSA) is 72.4 Å². The van der Waals surface area contributed by atoms with Gasteiger partial charge in [0.05, 0.1) is 6.20 Å². The summed E-state index contributed by atoms with van der Waals surface area (Å²) < 4.78 is 5.09. The molecule has 2 rings (SSSR count). The molecule has 0 saturated heterocycles. The molecule has 0 aliphatic heterocycles. The lowest BCUT2D eigenvalue weighted by atomic mass is 10.1. The number of rotatable bonds is 5. The first-order valence-corrected chi connectivity index (χ1v) is 6.81. The van der Waals surface area contributed by atoms with Crippen LogP contribution in [-0.4, -0.2) is 29.0 Å². The Hall–Kier alpha value is -1.56. The molecule has 0 unspecified atom stereocenters. The predicted molar refractivity (Wildman–Crippen MR) is 78.8 cm³/mol. The van der Waals surface area contributed by atoms with Crippen molar-refractivity contribution in [3.63, 3.8) is 0 Å². The third-order valence-corrected chi connectivity index (χ3v) is 3.06. The van der Waals surface area contributed by atoms with Gasteiger partial charge in [-0.3, -0.25) is 4.79 Å². The maximum absolute atomic E-state index is 12.0. The zero-order valence-corrected chi connectivity index (χ0v) is 12.0. The van der Waals surface area contributed by atoms with Crippen LogP contribution in [0.2, 0.25) is 0 Å². The van der Waals surface area contributed by atoms with Gasteiger partial charge in [-0.25, -0.2) is 0 Å². The Kier molecular flexibility index (Phi) is 5.00. The SMILES string of the molecule is NCCN(C(=O)C(Cl)Cl)c1cccc(-c2ccno2)c1. The maximum Gasteiger partial charge on any atom is 0.260 e. The van der Waals surface area contributed by atoms with E-state index in [4.69, 9.17) is 33.5 Å². The van der Waals surface area contributed by atoms with Gasteiger partial charge in [-0.2, -0.15) is 0 Å². The van der Waals surface area contributed by atoms with Crippen LogP contribution in [0.4, 0.5) is 5.69 Å². The van der Waals surface area contributed by atoms with E-state index in [9.17, 15) is 4.79 Å². The molecule has 0 fully saturated rings. The second-order valence-electron chi connectivity index (χ2n) is 4.01. The van der Waals surface area contributed by atoms with E-state index in [0.717, 1.165) is 5.56 Å². The number of hydrogen-bond donors (Lipinski definition) is 1. The Morgan fingerprint density at radius 3 is 2.80 bits per heavy atom. The van der Waals surface area contributed by atoms with Gasteiger partial charge in [-0.05, 0) is 12.1 Å². The van der Waals surface area contributed by atoms with Crippen LogP contribution in [0.25, 0.3) is 11.3 Å². The van der Waals surface area contributed by atoms with Crippen molar-refractivity contribution in [2.24, 2.45) is 5.73 Å². The van der Waals surface area contributed by atoms with Crippen LogP contribution in [0.1, 0.15) is 0 Å². The fraction of sp³-hybridized carbons (Fsp3) is 0.231. The molecule has 0 atom stereocenters. The van der Waals surface area contributed by atoms with Gasteiger partial charge >= 0.3 is 0 Å².